The molecule has 9 heteroatoms. The van der Waals surface area contributed by atoms with Crippen LogP contribution < -0.4 is 0 Å². The molecule has 4 saturated heterocycles. The number of fused-ring (bicyclic) bond motifs is 3. The number of hydrogen-bond acceptors (Lipinski definition) is 6. The summed E-state index contributed by atoms with van der Waals surface area (Å²) in [6, 6.07) is -0.847. The molecule has 0 unspecified atom stereocenters. The van der Waals surface area contributed by atoms with Crippen molar-refractivity contribution >= 4 is 18.1 Å². The lowest BCUT2D eigenvalue weighted by atomic mass is 9.70. The van der Waals surface area contributed by atoms with Crippen LogP contribution in [0.5, 0.6) is 0 Å². The van der Waals surface area contributed by atoms with Crippen molar-refractivity contribution in [2.75, 3.05) is 26.2 Å². The summed E-state index contributed by atoms with van der Waals surface area (Å²) in [6.07, 6.45) is 2.33. The highest BCUT2D eigenvalue weighted by Gasteiger charge is 2.55. The minimum absolute atomic E-state index is 0.0314. The highest BCUT2D eigenvalue weighted by Crippen LogP contribution is 2.44. The van der Waals surface area contributed by atoms with Crippen LogP contribution in [0.15, 0.2) is 0 Å². The summed E-state index contributed by atoms with van der Waals surface area (Å²) >= 11 is 0. The minimum Gasteiger partial charge on any atom is -0.444 e. The first-order chi connectivity index (χ1) is 15.7. The summed E-state index contributed by atoms with van der Waals surface area (Å²) in [6.45, 7) is 13.5. The number of piperidine rings is 3. The summed E-state index contributed by atoms with van der Waals surface area (Å²) in [5, 5.41) is 10.6. The molecule has 1 N–H and O–H groups in total. The van der Waals surface area contributed by atoms with Crippen LogP contribution in [-0.4, -0.2) is 93.5 Å². The number of carbonyl (C=O) groups excluding carboxylic acids is 3. The number of aliphatic hydroxyl groups excluding tert-OH is 1. The van der Waals surface area contributed by atoms with Gasteiger partial charge in [-0.25, -0.2) is 9.59 Å². The average molecular weight is 480 g/mol. The molecule has 192 valence electrons. The fourth-order valence-electron chi connectivity index (χ4n) is 6.01. The number of hydrogen-bond donors (Lipinski definition) is 1. The molecular formula is C25H41N3O6. The predicted molar refractivity (Wildman–Crippen MR) is 125 cm³/mol. The molecule has 9 nitrogen and oxygen atoms in total. The molecule has 5 rings (SSSR count). The molecule has 0 aromatic rings. The van der Waals surface area contributed by atoms with Crippen LogP contribution in [0.1, 0.15) is 73.6 Å². The van der Waals surface area contributed by atoms with Crippen molar-refractivity contribution in [3.05, 3.63) is 0 Å². The number of aliphatic hydroxyl groups is 1. The Morgan fingerprint density at radius 3 is 1.94 bits per heavy atom. The van der Waals surface area contributed by atoms with Crippen molar-refractivity contribution in [3.8, 4) is 0 Å². The first-order valence-corrected chi connectivity index (χ1v) is 12.6. The van der Waals surface area contributed by atoms with Gasteiger partial charge in [0, 0.05) is 43.6 Å². The fourth-order valence-corrected chi connectivity index (χ4v) is 6.01. The van der Waals surface area contributed by atoms with Gasteiger partial charge >= 0.3 is 12.2 Å². The van der Waals surface area contributed by atoms with Crippen molar-refractivity contribution in [1.82, 2.24) is 14.7 Å². The summed E-state index contributed by atoms with van der Waals surface area (Å²) in [5.41, 5.74) is -1.13. The lowest BCUT2D eigenvalue weighted by Gasteiger charge is -2.56. The zero-order valence-electron chi connectivity index (χ0n) is 21.5. The van der Waals surface area contributed by atoms with Gasteiger partial charge in [-0.2, -0.15) is 0 Å². The normalized spacial score (nSPS) is 30.7. The Kier molecular flexibility index (Phi) is 6.32. The van der Waals surface area contributed by atoms with E-state index in [4.69, 9.17) is 9.47 Å². The average Bonchev–Trinajstić information content (AvgIpc) is 2.68. The van der Waals surface area contributed by atoms with Crippen LogP contribution in [0.4, 0.5) is 9.59 Å². The molecule has 34 heavy (non-hydrogen) atoms. The summed E-state index contributed by atoms with van der Waals surface area (Å²) < 4.78 is 11.1. The van der Waals surface area contributed by atoms with Crippen molar-refractivity contribution in [2.45, 2.75) is 103 Å². The number of amides is 3. The molecule has 1 aliphatic carbocycles. The molecule has 3 amide bonds. The lowest BCUT2D eigenvalue weighted by molar-refractivity contribution is -0.157. The van der Waals surface area contributed by atoms with Crippen LogP contribution in [0.25, 0.3) is 0 Å². The van der Waals surface area contributed by atoms with Gasteiger partial charge in [-0.05, 0) is 73.6 Å². The molecule has 4 atom stereocenters. The standard InChI is InChI=1S/C25H41N3O6/c1-23(2,3)33-21(31)27-14-25(15-27)9-11-26(12-10-25)20(30)19-17-8-7-16(13-18(17)29)28(19)22(32)34-24(4,5)6/h16-19,29H,7-15H2,1-6H3/t16-,17+,18+,19-/m0/s1. The third-order valence-electron chi connectivity index (χ3n) is 7.64. The number of ether oxygens (including phenoxy) is 2. The Labute approximate surface area is 202 Å². The summed E-state index contributed by atoms with van der Waals surface area (Å²) in [7, 11) is 0. The molecule has 5 fully saturated rings. The Hall–Kier alpha value is -2.03. The van der Waals surface area contributed by atoms with Gasteiger partial charge < -0.3 is 24.4 Å². The van der Waals surface area contributed by atoms with E-state index >= 15 is 0 Å². The fraction of sp³-hybridized carbons (Fsp3) is 0.880. The Bertz CT molecular complexity index is 815. The highest BCUT2D eigenvalue weighted by molar-refractivity contribution is 5.87. The van der Waals surface area contributed by atoms with E-state index in [0.29, 0.717) is 32.6 Å². The second-order valence-electron chi connectivity index (χ2n) is 12.7. The molecule has 0 aromatic carbocycles. The summed E-state index contributed by atoms with van der Waals surface area (Å²) in [4.78, 5) is 44.3. The van der Waals surface area contributed by atoms with Gasteiger partial charge in [0.25, 0.3) is 0 Å². The topological polar surface area (TPSA) is 99.6 Å². The van der Waals surface area contributed by atoms with Gasteiger partial charge in [0.15, 0.2) is 0 Å². The Morgan fingerprint density at radius 2 is 1.41 bits per heavy atom. The third-order valence-corrected chi connectivity index (χ3v) is 7.64. The van der Waals surface area contributed by atoms with Crippen molar-refractivity contribution < 1.29 is 29.0 Å². The van der Waals surface area contributed by atoms with E-state index in [2.05, 4.69) is 0 Å². The largest absolute Gasteiger partial charge is 0.444 e. The number of likely N-dealkylation sites (tertiary alicyclic amines) is 2. The monoisotopic (exact) mass is 479 g/mol. The number of rotatable bonds is 1. The molecule has 2 bridgehead atoms. The molecule has 0 radical (unpaired) electrons. The number of nitrogens with zero attached hydrogens (tertiary/aromatic N) is 3. The van der Waals surface area contributed by atoms with Crippen molar-refractivity contribution in [3.63, 3.8) is 0 Å². The van der Waals surface area contributed by atoms with Crippen LogP contribution >= 0.6 is 0 Å². The second kappa shape index (κ2) is 8.57. The van der Waals surface area contributed by atoms with Crippen molar-refractivity contribution in [1.29, 1.82) is 0 Å². The zero-order chi connectivity index (χ0) is 25.1. The van der Waals surface area contributed by atoms with E-state index in [1.54, 1.807) is 9.80 Å². The highest BCUT2D eigenvalue weighted by atomic mass is 16.6. The van der Waals surface area contributed by atoms with Crippen LogP contribution in [0, 0.1) is 11.3 Å². The first-order valence-electron chi connectivity index (χ1n) is 12.6. The summed E-state index contributed by atoms with van der Waals surface area (Å²) in [5.74, 6) is -0.343. The maximum Gasteiger partial charge on any atom is 0.411 e. The molecule has 4 aliphatic heterocycles. The van der Waals surface area contributed by atoms with Gasteiger partial charge in [-0.15, -0.1) is 0 Å². The van der Waals surface area contributed by atoms with E-state index in [-0.39, 0.29) is 29.4 Å². The van der Waals surface area contributed by atoms with E-state index in [1.165, 1.54) is 0 Å². The van der Waals surface area contributed by atoms with Crippen molar-refractivity contribution in [2.24, 2.45) is 11.3 Å². The molecule has 1 spiro atoms. The Balaban J connectivity index is 1.39. The third kappa shape index (κ3) is 4.99. The minimum atomic E-state index is -0.675. The molecule has 5 aliphatic rings. The molecule has 4 heterocycles. The maximum atomic E-state index is 13.7. The van der Waals surface area contributed by atoms with Crippen LogP contribution in [0.2, 0.25) is 0 Å². The van der Waals surface area contributed by atoms with Gasteiger partial charge in [0.05, 0.1) is 6.10 Å². The smallest absolute Gasteiger partial charge is 0.411 e. The zero-order valence-corrected chi connectivity index (χ0v) is 21.5. The number of carbonyl (C=O) groups is 3. The van der Waals surface area contributed by atoms with Gasteiger partial charge in [-0.3, -0.25) is 9.69 Å². The SMILES string of the molecule is CC(C)(C)OC(=O)N1CC2(CCN(C(=O)[C@@H]3[C@@H]4CC[C@@H](C[C@H]4O)N3C(=O)OC(C)(C)C)CC2)C1. The molecule has 0 aromatic heterocycles. The lowest BCUT2D eigenvalue weighted by Crippen LogP contribution is -2.68. The predicted octanol–water partition coefficient (Wildman–Crippen LogP) is 2.99. The van der Waals surface area contributed by atoms with Crippen LogP contribution in [-0.2, 0) is 14.3 Å². The van der Waals surface area contributed by atoms with Crippen LogP contribution in [0.3, 0.4) is 0 Å². The Morgan fingerprint density at radius 1 is 0.853 bits per heavy atom. The van der Waals surface area contributed by atoms with E-state index in [0.717, 1.165) is 25.7 Å². The van der Waals surface area contributed by atoms with E-state index < -0.39 is 29.4 Å². The van der Waals surface area contributed by atoms with E-state index in [9.17, 15) is 19.5 Å². The van der Waals surface area contributed by atoms with Gasteiger partial charge in [0.1, 0.15) is 17.2 Å². The quantitative estimate of drug-likeness (QED) is 0.621. The first kappa shape index (κ1) is 25.1. The molecular weight excluding hydrogens is 438 g/mol. The van der Waals surface area contributed by atoms with Gasteiger partial charge in [0.2, 0.25) is 5.91 Å². The molecule has 1 saturated carbocycles. The second-order valence-corrected chi connectivity index (χ2v) is 12.7. The van der Waals surface area contributed by atoms with Gasteiger partial charge in [-0.1, -0.05) is 0 Å². The van der Waals surface area contributed by atoms with E-state index in [1.807, 2.05) is 46.4 Å². The maximum absolute atomic E-state index is 13.7.